The lowest BCUT2D eigenvalue weighted by Crippen LogP contribution is -2.44. The first-order chi connectivity index (χ1) is 9.27. The highest BCUT2D eigenvalue weighted by Gasteiger charge is 2.36. The largest absolute Gasteiger partial charge is 0.406 e. The van der Waals surface area contributed by atoms with Gasteiger partial charge in [0.25, 0.3) is 0 Å². The van der Waals surface area contributed by atoms with Crippen molar-refractivity contribution in [1.82, 2.24) is 4.90 Å². The topological polar surface area (TPSA) is 54.5 Å². The minimum Gasteiger partial charge on any atom is -0.333 e. The maximum absolute atomic E-state index is 12.6. The molecule has 0 aromatic heterocycles. The average molecular weight is 329 g/mol. The number of hydrogen-bond donors (Lipinski definition) is 0. The Labute approximate surface area is 123 Å². The Balaban J connectivity index is 2.71. The molecule has 1 atom stereocenters. The lowest BCUT2D eigenvalue weighted by molar-refractivity contribution is -0.164. The van der Waals surface area contributed by atoms with Crippen molar-refractivity contribution in [2.75, 3.05) is 24.6 Å². The van der Waals surface area contributed by atoms with Crippen LogP contribution in [0.4, 0.5) is 13.2 Å². The van der Waals surface area contributed by atoms with Crippen LogP contribution < -0.4 is 0 Å². The van der Waals surface area contributed by atoms with E-state index in [2.05, 4.69) is 0 Å². The van der Waals surface area contributed by atoms with Gasteiger partial charge >= 0.3 is 6.18 Å². The zero-order valence-electron chi connectivity index (χ0n) is 12.5. The van der Waals surface area contributed by atoms with Gasteiger partial charge in [-0.1, -0.05) is 20.8 Å². The minimum atomic E-state index is -4.46. The third-order valence-electron chi connectivity index (χ3n) is 3.18. The van der Waals surface area contributed by atoms with Crippen LogP contribution >= 0.6 is 0 Å². The van der Waals surface area contributed by atoms with Gasteiger partial charge in [0.2, 0.25) is 5.91 Å². The Bertz CT molecular complexity index is 464. The predicted molar refractivity (Wildman–Crippen MR) is 73.5 cm³/mol. The summed E-state index contributed by atoms with van der Waals surface area (Å²) in [5.74, 6) is -1.07. The van der Waals surface area contributed by atoms with Gasteiger partial charge in [-0.3, -0.25) is 4.79 Å². The quantitative estimate of drug-likeness (QED) is 0.795. The summed E-state index contributed by atoms with van der Waals surface area (Å²) in [6.45, 7) is 3.96. The van der Waals surface area contributed by atoms with Crippen molar-refractivity contribution in [3.8, 4) is 0 Å². The van der Waals surface area contributed by atoms with E-state index in [1.807, 2.05) is 0 Å². The van der Waals surface area contributed by atoms with Crippen LogP contribution in [0.2, 0.25) is 0 Å². The van der Waals surface area contributed by atoms with E-state index < -0.39 is 33.9 Å². The number of hydrogen-bond acceptors (Lipinski definition) is 3. The molecule has 8 heteroatoms. The SMILES string of the molecule is CC(C)(C)CN(CC(F)(F)F)C(=O)CC1CCS(=O)(=O)C1. The summed E-state index contributed by atoms with van der Waals surface area (Å²) in [5.41, 5.74) is -0.456. The predicted octanol–water partition coefficient (Wildman–Crippen LogP) is 2.25. The normalized spacial score (nSPS) is 22.3. The Morgan fingerprint density at radius 2 is 1.76 bits per heavy atom. The third kappa shape index (κ3) is 7.15. The molecule has 1 amide bonds. The highest BCUT2D eigenvalue weighted by Crippen LogP contribution is 2.26. The highest BCUT2D eigenvalue weighted by atomic mass is 32.2. The molecule has 1 unspecified atom stereocenters. The number of carbonyl (C=O) groups is 1. The maximum atomic E-state index is 12.6. The van der Waals surface area contributed by atoms with Crippen molar-refractivity contribution < 1.29 is 26.4 Å². The van der Waals surface area contributed by atoms with Gasteiger partial charge < -0.3 is 4.90 Å². The van der Waals surface area contributed by atoms with E-state index in [-0.39, 0.29) is 30.4 Å². The minimum absolute atomic E-state index is 0.00911. The average Bonchev–Trinajstić information content (AvgIpc) is 2.52. The maximum Gasteiger partial charge on any atom is 0.406 e. The lowest BCUT2D eigenvalue weighted by Gasteiger charge is -2.31. The Morgan fingerprint density at radius 3 is 2.14 bits per heavy atom. The number of rotatable bonds is 4. The summed E-state index contributed by atoms with van der Waals surface area (Å²) in [6, 6.07) is 0. The molecule has 0 aromatic rings. The summed E-state index contributed by atoms with van der Waals surface area (Å²) in [5, 5.41) is 0. The number of carbonyl (C=O) groups excluding carboxylic acids is 1. The van der Waals surface area contributed by atoms with Gasteiger partial charge in [-0.2, -0.15) is 13.2 Å². The fraction of sp³-hybridized carbons (Fsp3) is 0.923. The zero-order chi connectivity index (χ0) is 16.5. The molecule has 0 aromatic carbocycles. The lowest BCUT2D eigenvalue weighted by atomic mass is 9.95. The van der Waals surface area contributed by atoms with Gasteiger partial charge in [-0.05, 0) is 17.8 Å². The number of amides is 1. The van der Waals surface area contributed by atoms with Crippen molar-refractivity contribution in [3.63, 3.8) is 0 Å². The molecule has 0 bridgehead atoms. The molecule has 1 aliphatic rings. The molecule has 124 valence electrons. The molecule has 0 saturated carbocycles. The number of alkyl halides is 3. The molecule has 0 aliphatic carbocycles. The zero-order valence-corrected chi connectivity index (χ0v) is 13.4. The molecule has 1 saturated heterocycles. The summed E-state index contributed by atoms with van der Waals surface area (Å²) in [7, 11) is -3.13. The van der Waals surface area contributed by atoms with E-state index in [1.165, 1.54) is 0 Å². The molecule has 0 spiro atoms. The summed E-state index contributed by atoms with van der Waals surface area (Å²) < 4.78 is 60.5. The molecule has 4 nitrogen and oxygen atoms in total. The second-order valence-electron chi connectivity index (χ2n) is 6.90. The van der Waals surface area contributed by atoms with Crippen LogP contribution in [0.25, 0.3) is 0 Å². The molecular formula is C13H22F3NO3S. The van der Waals surface area contributed by atoms with Crippen LogP contribution in [0.5, 0.6) is 0 Å². The summed E-state index contributed by atoms with van der Waals surface area (Å²) >= 11 is 0. The van der Waals surface area contributed by atoms with E-state index in [4.69, 9.17) is 0 Å². The van der Waals surface area contributed by atoms with Gasteiger partial charge in [-0.25, -0.2) is 8.42 Å². The fourth-order valence-corrected chi connectivity index (χ4v) is 4.29. The van der Waals surface area contributed by atoms with E-state index in [0.29, 0.717) is 6.42 Å². The number of nitrogens with zero attached hydrogens (tertiary/aromatic N) is 1. The standard InChI is InChI=1S/C13H22F3NO3S/c1-12(2,3)8-17(9-13(14,15)16)11(18)6-10-4-5-21(19,20)7-10/h10H,4-9H2,1-3H3. The van der Waals surface area contributed by atoms with Crippen molar-refractivity contribution in [1.29, 1.82) is 0 Å². The second-order valence-corrected chi connectivity index (χ2v) is 9.13. The first-order valence-electron chi connectivity index (χ1n) is 6.82. The summed E-state index contributed by atoms with van der Waals surface area (Å²) in [4.78, 5) is 12.9. The fourth-order valence-electron chi connectivity index (χ4n) is 2.43. The van der Waals surface area contributed by atoms with Crippen LogP contribution in [-0.2, 0) is 14.6 Å². The van der Waals surface area contributed by atoms with Crippen LogP contribution in [0.1, 0.15) is 33.6 Å². The van der Waals surface area contributed by atoms with Gasteiger partial charge in [0.05, 0.1) is 11.5 Å². The van der Waals surface area contributed by atoms with Crippen molar-refractivity contribution in [2.24, 2.45) is 11.3 Å². The monoisotopic (exact) mass is 329 g/mol. The molecule has 1 rings (SSSR count). The summed E-state index contributed by atoms with van der Waals surface area (Å²) in [6.07, 6.45) is -4.24. The van der Waals surface area contributed by atoms with Gasteiger partial charge in [-0.15, -0.1) is 0 Å². The van der Waals surface area contributed by atoms with Crippen molar-refractivity contribution in [3.05, 3.63) is 0 Å². The molecule has 1 heterocycles. The van der Waals surface area contributed by atoms with E-state index >= 15 is 0 Å². The van der Waals surface area contributed by atoms with E-state index in [1.54, 1.807) is 20.8 Å². The molecule has 0 N–H and O–H groups in total. The van der Waals surface area contributed by atoms with Crippen LogP contribution in [0.15, 0.2) is 0 Å². The third-order valence-corrected chi connectivity index (χ3v) is 5.02. The second kappa shape index (κ2) is 6.14. The number of halogens is 3. The Hall–Kier alpha value is -0.790. The van der Waals surface area contributed by atoms with E-state index in [9.17, 15) is 26.4 Å². The smallest absolute Gasteiger partial charge is 0.333 e. The van der Waals surface area contributed by atoms with Crippen molar-refractivity contribution >= 4 is 15.7 Å². The molecule has 0 radical (unpaired) electrons. The van der Waals surface area contributed by atoms with E-state index in [0.717, 1.165) is 4.90 Å². The molecule has 1 aliphatic heterocycles. The van der Waals surface area contributed by atoms with Crippen LogP contribution in [0, 0.1) is 11.3 Å². The van der Waals surface area contributed by atoms with Gasteiger partial charge in [0.1, 0.15) is 6.54 Å². The molecule has 1 fully saturated rings. The van der Waals surface area contributed by atoms with Gasteiger partial charge in [0, 0.05) is 13.0 Å². The van der Waals surface area contributed by atoms with Crippen LogP contribution in [0.3, 0.4) is 0 Å². The Morgan fingerprint density at radius 1 is 1.19 bits per heavy atom. The molecule has 21 heavy (non-hydrogen) atoms. The Kier molecular flexibility index (Phi) is 5.34. The number of sulfone groups is 1. The van der Waals surface area contributed by atoms with Crippen LogP contribution in [-0.4, -0.2) is 50.0 Å². The first kappa shape index (κ1) is 18.3. The van der Waals surface area contributed by atoms with Gasteiger partial charge in [0.15, 0.2) is 9.84 Å². The first-order valence-corrected chi connectivity index (χ1v) is 8.64. The van der Waals surface area contributed by atoms with Crippen molar-refractivity contribution in [2.45, 2.75) is 39.8 Å². The highest BCUT2D eigenvalue weighted by molar-refractivity contribution is 7.91. The molecular weight excluding hydrogens is 307 g/mol.